The van der Waals surface area contributed by atoms with Crippen LogP contribution in [-0.4, -0.2) is 46.0 Å². The molecule has 0 bridgehead atoms. The van der Waals surface area contributed by atoms with E-state index in [4.69, 9.17) is 4.74 Å². The molecule has 10 heteroatoms. The first kappa shape index (κ1) is 21.3. The first-order valence-corrected chi connectivity index (χ1v) is 8.99. The van der Waals surface area contributed by atoms with Gasteiger partial charge in [0.05, 0.1) is 12.3 Å². The normalized spacial score (nSPS) is 11.4. The third-order valence-corrected chi connectivity index (χ3v) is 4.19. The van der Waals surface area contributed by atoms with Gasteiger partial charge in [0.15, 0.2) is 11.4 Å². The molecule has 2 aromatic carbocycles. The molecule has 30 heavy (non-hydrogen) atoms. The number of aromatic nitrogens is 3. The van der Waals surface area contributed by atoms with Crippen LogP contribution < -0.4 is 4.74 Å². The van der Waals surface area contributed by atoms with E-state index in [0.717, 1.165) is 17.0 Å². The molecule has 0 saturated carbocycles. The number of ether oxygens (including phenoxy) is 1. The van der Waals surface area contributed by atoms with E-state index >= 15 is 0 Å². The van der Waals surface area contributed by atoms with Gasteiger partial charge in [-0.15, -0.1) is 5.10 Å². The van der Waals surface area contributed by atoms with Crippen molar-refractivity contribution in [3.8, 4) is 11.4 Å². The van der Waals surface area contributed by atoms with Crippen molar-refractivity contribution in [2.45, 2.75) is 12.6 Å². The lowest BCUT2D eigenvalue weighted by Gasteiger charge is -2.17. The van der Waals surface area contributed by atoms with Crippen molar-refractivity contribution in [3.63, 3.8) is 0 Å². The highest BCUT2D eigenvalue weighted by molar-refractivity contribution is 5.93. The second-order valence-corrected chi connectivity index (χ2v) is 6.42. The number of alkyl halides is 3. The molecule has 0 saturated heterocycles. The average molecular weight is 422 g/mol. The monoisotopic (exact) mass is 422 g/mol. The lowest BCUT2D eigenvalue weighted by Crippen LogP contribution is -2.31. The summed E-state index contributed by atoms with van der Waals surface area (Å²) in [4.78, 5) is 13.7. The third kappa shape index (κ3) is 4.94. The molecule has 1 amide bonds. The van der Waals surface area contributed by atoms with Crippen LogP contribution in [0.2, 0.25) is 0 Å². The molecule has 3 aromatic rings. The summed E-state index contributed by atoms with van der Waals surface area (Å²) in [5.41, 5.74) is -2.39. The summed E-state index contributed by atoms with van der Waals surface area (Å²) in [6.07, 6.45) is -4.52. The number of nitrogens with zero attached hydrogens (tertiary/aromatic N) is 4. The Bertz CT molecular complexity index is 1010. The van der Waals surface area contributed by atoms with Gasteiger partial charge in [0.1, 0.15) is 11.6 Å². The summed E-state index contributed by atoms with van der Waals surface area (Å²) in [6, 6.07) is 13.5. The average Bonchev–Trinajstić information content (AvgIpc) is 3.17. The van der Waals surface area contributed by atoms with E-state index in [0.29, 0.717) is 16.9 Å². The standard InChI is InChI=1S/C20H18F4N4O2/c1-27(11-6-12-30-16-9-3-2-4-10-16)19(29)17-18(20(22,23)24)28(26-25-17)15-8-5-7-14(21)13-15/h2-5,7-10,13H,6,11-12H2,1H3. The topological polar surface area (TPSA) is 60.2 Å². The van der Waals surface area contributed by atoms with Crippen LogP contribution in [0.4, 0.5) is 17.6 Å². The van der Waals surface area contributed by atoms with Gasteiger partial charge in [0, 0.05) is 13.6 Å². The van der Waals surface area contributed by atoms with Crippen molar-refractivity contribution in [1.82, 2.24) is 19.9 Å². The summed E-state index contributed by atoms with van der Waals surface area (Å²) in [7, 11) is 1.37. The van der Waals surface area contributed by atoms with E-state index in [9.17, 15) is 22.4 Å². The molecule has 158 valence electrons. The lowest BCUT2D eigenvalue weighted by atomic mass is 10.2. The molecule has 0 atom stereocenters. The van der Waals surface area contributed by atoms with Crippen LogP contribution in [0.1, 0.15) is 22.6 Å². The van der Waals surface area contributed by atoms with Crippen molar-refractivity contribution in [2.24, 2.45) is 0 Å². The number of hydrogen-bond acceptors (Lipinski definition) is 4. The molecule has 0 N–H and O–H groups in total. The van der Waals surface area contributed by atoms with Crippen LogP contribution >= 0.6 is 0 Å². The van der Waals surface area contributed by atoms with Gasteiger partial charge in [0.2, 0.25) is 0 Å². The Balaban J connectivity index is 1.73. The number of halogens is 4. The van der Waals surface area contributed by atoms with Crippen LogP contribution in [0.25, 0.3) is 5.69 Å². The van der Waals surface area contributed by atoms with Crippen LogP contribution in [0, 0.1) is 5.82 Å². The minimum absolute atomic E-state index is 0.149. The SMILES string of the molecule is CN(CCCOc1ccccc1)C(=O)c1nnn(-c2cccc(F)c2)c1C(F)(F)F. The minimum Gasteiger partial charge on any atom is -0.494 e. The number of benzene rings is 2. The molecule has 1 aromatic heterocycles. The molecule has 0 radical (unpaired) electrons. The van der Waals surface area contributed by atoms with Crippen molar-refractivity contribution in [1.29, 1.82) is 0 Å². The van der Waals surface area contributed by atoms with Gasteiger partial charge in [-0.1, -0.05) is 29.5 Å². The Morgan fingerprint density at radius 2 is 1.87 bits per heavy atom. The Morgan fingerprint density at radius 1 is 1.13 bits per heavy atom. The Hall–Kier alpha value is -3.43. The lowest BCUT2D eigenvalue weighted by molar-refractivity contribution is -0.143. The van der Waals surface area contributed by atoms with Gasteiger partial charge >= 0.3 is 6.18 Å². The van der Waals surface area contributed by atoms with E-state index in [1.54, 1.807) is 12.1 Å². The maximum absolute atomic E-state index is 13.7. The Morgan fingerprint density at radius 3 is 2.53 bits per heavy atom. The highest BCUT2D eigenvalue weighted by Crippen LogP contribution is 2.33. The van der Waals surface area contributed by atoms with Gasteiger partial charge in [0.25, 0.3) is 5.91 Å². The zero-order chi connectivity index (χ0) is 21.7. The number of carbonyl (C=O) groups excluding carboxylic acids is 1. The molecule has 6 nitrogen and oxygen atoms in total. The first-order valence-electron chi connectivity index (χ1n) is 8.99. The summed E-state index contributed by atoms with van der Waals surface area (Å²) >= 11 is 0. The largest absolute Gasteiger partial charge is 0.494 e. The zero-order valence-electron chi connectivity index (χ0n) is 15.9. The van der Waals surface area contributed by atoms with Gasteiger partial charge in [-0.3, -0.25) is 4.79 Å². The molecule has 0 spiro atoms. The van der Waals surface area contributed by atoms with Gasteiger partial charge in [-0.2, -0.15) is 13.2 Å². The smallest absolute Gasteiger partial charge is 0.435 e. The fourth-order valence-corrected chi connectivity index (χ4v) is 2.76. The molecule has 0 aliphatic carbocycles. The number of para-hydroxylation sites is 1. The van der Waals surface area contributed by atoms with Crippen molar-refractivity contribution >= 4 is 5.91 Å². The fourth-order valence-electron chi connectivity index (χ4n) is 2.76. The number of carbonyl (C=O) groups is 1. The maximum atomic E-state index is 13.7. The highest BCUT2D eigenvalue weighted by Gasteiger charge is 2.42. The van der Waals surface area contributed by atoms with Crippen molar-refractivity contribution in [3.05, 3.63) is 71.8 Å². The van der Waals surface area contributed by atoms with Crippen molar-refractivity contribution < 1.29 is 27.1 Å². The second kappa shape index (κ2) is 8.93. The van der Waals surface area contributed by atoms with E-state index < -0.39 is 29.3 Å². The summed E-state index contributed by atoms with van der Waals surface area (Å²) in [6.45, 7) is 0.430. The van der Waals surface area contributed by atoms with Gasteiger partial charge in [-0.05, 0) is 36.8 Å². The van der Waals surface area contributed by atoms with Gasteiger partial charge in [-0.25, -0.2) is 9.07 Å². The number of amides is 1. The van der Waals surface area contributed by atoms with Crippen LogP contribution in [-0.2, 0) is 6.18 Å². The molecular formula is C20H18F4N4O2. The van der Waals surface area contributed by atoms with Crippen molar-refractivity contribution in [2.75, 3.05) is 20.2 Å². The summed E-state index contributed by atoms with van der Waals surface area (Å²) in [5, 5.41) is 6.87. The second-order valence-electron chi connectivity index (χ2n) is 6.42. The summed E-state index contributed by atoms with van der Waals surface area (Å²) in [5.74, 6) is -1.02. The van der Waals surface area contributed by atoms with E-state index in [1.165, 1.54) is 19.2 Å². The molecule has 0 aliphatic rings. The highest BCUT2D eigenvalue weighted by atomic mass is 19.4. The van der Waals surface area contributed by atoms with E-state index in [-0.39, 0.29) is 18.8 Å². The molecular weight excluding hydrogens is 404 g/mol. The molecule has 1 heterocycles. The molecule has 0 unspecified atom stereocenters. The minimum atomic E-state index is -4.92. The Labute approximate surface area is 169 Å². The molecule has 0 aliphatic heterocycles. The van der Waals surface area contributed by atoms with Crippen LogP contribution in [0.5, 0.6) is 5.75 Å². The number of rotatable bonds is 7. The number of hydrogen-bond donors (Lipinski definition) is 0. The quantitative estimate of drug-likeness (QED) is 0.427. The van der Waals surface area contributed by atoms with Gasteiger partial charge < -0.3 is 9.64 Å². The first-order chi connectivity index (χ1) is 14.3. The zero-order valence-corrected chi connectivity index (χ0v) is 15.9. The molecule has 3 rings (SSSR count). The third-order valence-electron chi connectivity index (χ3n) is 4.19. The summed E-state index contributed by atoms with van der Waals surface area (Å²) < 4.78 is 60.4. The predicted molar refractivity (Wildman–Crippen MR) is 99.8 cm³/mol. The van der Waals surface area contributed by atoms with Crippen LogP contribution in [0.15, 0.2) is 54.6 Å². The maximum Gasteiger partial charge on any atom is 0.435 e. The molecule has 0 fully saturated rings. The van der Waals surface area contributed by atoms with E-state index in [2.05, 4.69) is 10.3 Å². The van der Waals surface area contributed by atoms with E-state index in [1.807, 2.05) is 18.2 Å². The predicted octanol–water partition coefficient (Wildman–Crippen LogP) is 3.97. The van der Waals surface area contributed by atoms with Crippen LogP contribution in [0.3, 0.4) is 0 Å². The Kier molecular flexibility index (Phi) is 6.34. The fraction of sp³-hybridized carbons (Fsp3) is 0.250.